The van der Waals surface area contributed by atoms with Gasteiger partial charge in [0.2, 0.25) is 0 Å². The summed E-state index contributed by atoms with van der Waals surface area (Å²) in [5, 5.41) is 8.82. The zero-order valence-corrected chi connectivity index (χ0v) is 13.3. The smallest absolute Gasteiger partial charge is 0.192 e. The molecule has 1 aliphatic heterocycles. The largest absolute Gasteiger partial charge is 0.492 e. The molecule has 0 atom stereocenters. The molecule has 0 bridgehead atoms. The Morgan fingerprint density at radius 1 is 1.18 bits per heavy atom. The molecule has 4 heteroatoms. The van der Waals surface area contributed by atoms with E-state index in [-0.39, 0.29) is 5.78 Å². The molecule has 1 heterocycles. The molecule has 0 aromatic heterocycles. The molecule has 0 spiro atoms. The van der Waals surface area contributed by atoms with Gasteiger partial charge in [0, 0.05) is 16.5 Å². The van der Waals surface area contributed by atoms with Crippen molar-refractivity contribution in [3.8, 4) is 11.8 Å². The minimum absolute atomic E-state index is 0.00985. The molecule has 2 aromatic rings. The number of Topliss-reactive ketones (excluding diaryl/α,β-unsaturated/α-hetero) is 1. The molecular formula is C18H12BrNO2. The second-order valence-corrected chi connectivity index (χ2v) is 5.89. The summed E-state index contributed by atoms with van der Waals surface area (Å²) in [4.78, 5) is 12.7. The molecule has 0 unspecified atom stereocenters. The quantitative estimate of drug-likeness (QED) is 0.715. The highest BCUT2D eigenvalue weighted by Gasteiger charge is 2.21. The van der Waals surface area contributed by atoms with E-state index in [9.17, 15) is 4.79 Å². The maximum Gasteiger partial charge on any atom is 0.192 e. The third kappa shape index (κ3) is 2.95. The first-order chi connectivity index (χ1) is 10.7. The Bertz CT molecular complexity index is 801. The van der Waals surface area contributed by atoms with Gasteiger partial charge in [-0.2, -0.15) is 5.26 Å². The number of carbonyl (C=O) groups is 1. The number of hydrogen-bond acceptors (Lipinski definition) is 3. The van der Waals surface area contributed by atoms with E-state index < -0.39 is 0 Å². The van der Waals surface area contributed by atoms with E-state index in [1.165, 1.54) is 0 Å². The van der Waals surface area contributed by atoms with Crippen LogP contribution < -0.4 is 4.74 Å². The van der Waals surface area contributed by atoms with E-state index in [2.05, 4.69) is 22.0 Å². The van der Waals surface area contributed by atoms with Gasteiger partial charge in [0.15, 0.2) is 5.78 Å². The molecule has 0 saturated heterocycles. The number of ketones is 1. The number of carbonyl (C=O) groups excluding carboxylic acids is 1. The summed E-state index contributed by atoms with van der Waals surface area (Å²) in [6.45, 7) is 0.470. The lowest BCUT2D eigenvalue weighted by Gasteiger charge is -2.05. The Morgan fingerprint density at radius 3 is 2.68 bits per heavy atom. The van der Waals surface area contributed by atoms with E-state index in [4.69, 9.17) is 10.00 Å². The Labute approximate surface area is 137 Å². The zero-order valence-electron chi connectivity index (χ0n) is 11.7. The van der Waals surface area contributed by atoms with Crippen molar-refractivity contribution >= 4 is 27.8 Å². The minimum Gasteiger partial charge on any atom is -0.492 e. The van der Waals surface area contributed by atoms with Gasteiger partial charge in [0.1, 0.15) is 5.75 Å². The van der Waals surface area contributed by atoms with E-state index in [1.807, 2.05) is 30.3 Å². The van der Waals surface area contributed by atoms with Crippen LogP contribution in [-0.4, -0.2) is 12.4 Å². The van der Waals surface area contributed by atoms with Gasteiger partial charge in [-0.3, -0.25) is 4.79 Å². The van der Waals surface area contributed by atoms with Crippen LogP contribution in [0.15, 0.2) is 52.5 Å². The fraction of sp³-hybridized carbons (Fsp3) is 0.111. The van der Waals surface area contributed by atoms with Gasteiger partial charge in [-0.15, -0.1) is 0 Å². The fourth-order valence-corrected chi connectivity index (χ4v) is 2.69. The normalized spacial score (nSPS) is 15.6. The van der Waals surface area contributed by atoms with Gasteiger partial charge in [0.05, 0.1) is 23.8 Å². The topological polar surface area (TPSA) is 50.1 Å². The lowest BCUT2D eigenvalue weighted by Crippen LogP contribution is -2.02. The molecule has 0 amide bonds. The van der Waals surface area contributed by atoms with Crippen LogP contribution in [0.1, 0.15) is 27.9 Å². The SMILES string of the molecule is N#Cc1ccc(/C=C2/CCOc3cc(Br)ccc3C2=O)cc1. The Balaban J connectivity index is 1.97. The molecule has 108 valence electrons. The highest BCUT2D eigenvalue weighted by molar-refractivity contribution is 9.10. The Hall–Kier alpha value is -2.38. The number of fused-ring (bicyclic) bond motifs is 1. The highest BCUT2D eigenvalue weighted by Crippen LogP contribution is 2.30. The number of hydrogen-bond donors (Lipinski definition) is 0. The number of rotatable bonds is 1. The van der Waals surface area contributed by atoms with Gasteiger partial charge >= 0.3 is 0 Å². The summed E-state index contributed by atoms with van der Waals surface area (Å²) in [6, 6.07) is 14.7. The van der Waals surface area contributed by atoms with Crippen LogP contribution in [0.3, 0.4) is 0 Å². The maximum absolute atomic E-state index is 12.7. The summed E-state index contributed by atoms with van der Waals surface area (Å²) in [5.41, 5.74) is 2.81. The molecule has 3 nitrogen and oxygen atoms in total. The summed E-state index contributed by atoms with van der Waals surface area (Å²) in [5.74, 6) is 0.604. The molecule has 0 aliphatic carbocycles. The van der Waals surface area contributed by atoms with Crippen molar-refractivity contribution in [2.45, 2.75) is 6.42 Å². The minimum atomic E-state index is -0.00985. The second-order valence-electron chi connectivity index (χ2n) is 4.97. The molecule has 0 fully saturated rings. The van der Waals surface area contributed by atoms with Gasteiger partial charge in [0.25, 0.3) is 0 Å². The number of benzene rings is 2. The molecule has 1 aliphatic rings. The van der Waals surface area contributed by atoms with E-state index in [1.54, 1.807) is 18.2 Å². The van der Waals surface area contributed by atoms with Crippen molar-refractivity contribution in [2.24, 2.45) is 0 Å². The molecular weight excluding hydrogens is 342 g/mol. The van der Waals surface area contributed by atoms with Crippen LogP contribution in [0.2, 0.25) is 0 Å². The van der Waals surface area contributed by atoms with Crippen LogP contribution in [0.25, 0.3) is 6.08 Å². The molecule has 0 N–H and O–H groups in total. The van der Waals surface area contributed by atoms with Crippen molar-refractivity contribution in [3.05, 3.63) is 69.2 Å². The average Bonchev–Trinajstić information content (AvgIpc) is 2.68. The predicted molar refractivity (Wildman–Crippen MR) is 87.7 cm³/mol. The zero-order chi connectivity index (χ0) is 15.5. The summed E-state index contributed by atoms with van der Waals surface area (Å²) >= 11 is 3.39. The molecule has 0 radical (unpaired) electrons. The Kier molecular flexibility index (Phi) is 4.08. The van der Waals surface area contributed by atoms with Crippen LogP contribution >= 0.6 is 15.9 Å². The fourth-order valence-electron chi connectivity index (χ4n) is 2.35. The molecule has 2 aromatic carbocycles. The lowest BCUT2D eigenvalue weighted by atomic mass is 9.99. The van der Waals surface area contributed by atoms with Crippen LogP contribution in [0, 0.1) is 11.3 Å². The standard InChI is InChI=1S/C18H12BrNO2/c19-15-5-6-16-17(10-15)22-8-7-14(18(16)21)9-12-1-3-13(11-20)4-2-12/h1-6,9-10H,7-8H2/b14-9-. The van der Waals surface area contributed by atoms with Crippen molar-refractivity contribution in [2.75, 3.05) is 6.61 Å². The number of halogens is 1. The number of nitrogens with zero attached hydrogens (tertiary/aromatic N) is 1. The van der Waals surface area contributed by atoms with Crippen molar-refractivity contribution in [3.63, 3.8) is 0 Å². The first kappa shape index (κ1) is 14.6. The van der Waals surface area contributed by atoms with Gasteiger partial charge in [-0.05, 0) is 42.0 Å². The summed E-state index contributed by atoms with van der Waals surface area (Å²) < 4.78 is 6.56. The van der Waals surface area contributed by atoms with Crippen molar-refractivity contribution < 1.29 is 9.53 Å². The highest BCUT2D eigenvalue weighted by atomic mass is 79.9. The first-order valence-electron chi connectivity index (χ1n) is 6.85. The second kappa shape index (κ2) is 6.17. The molecule has 0 saturated carbocycles. The first-order valence-corrected chi connectivity index (χ1v) is 7.64. The van der Waals surface area contributed by atoms with Gasteiger partial charge < -0.3 is 4.74 Å². The maximum atomic E-state index is 12.7. The number of ether oxygens (including phenoxy) is 1. The lowest BCUT2D eigenvalue weighted by molar-refractivity contribution is 0.103. The monoisotopic (exact) mass is 353 g/mol. The third-order valence-corrected chi connectivity index (χ3v) is 3.98. The average molecular weight is 354 g/mol. The van der Waals surface area contributed by atoms with Crippen LogP contribution in [0.4, 0.5) is 0 Å². The van der Waals surface area contributed by atoms with E-state index in [0.717, 1.165) is 10.0 Å². The molecule has 22 heavy (non-hydrogen) atoms. The van der Waals surface area contributed by atoms with Crippen LogP contribution in [-0.2, 0) is 0 Å². The Morgan fingerprint density at radius 2 is 1.95 bits per heavy atom. The van der Waals surface area contributed by atoms with Gasteiger partial charge in [-0.25, -0.2) is 0 Å². The summed E-state index contributed by atoms with van der Waals surface area (Å²) in [7, 11) is 0. The van der Waals surface area contributed by atoms with Crippen LogP contribution in [0.5, 0.6) is 5.75 Å². The van der Waals surface area contributed by atoms with Gasteiger partial charge in [-0.1, -0.05) is 28.1 Å². The third-order valence-electron chi connectivity index (χ3n) is 3.49. The molecule has 3 rings (SSSR count). The van der Waals surface area contributed by atoms with E-state index >= 15 is 0 Å². The number of nitriles is 1. The van der Waals surface area contributed by atoms with Crippen molar-refractivity contribution in [1.82, 2.24) is 0 Å². The summed E-state index contributed by atoms with van der Waals surface area (Å²) in [6.07, 6.45) is 2.43. The van der Waals surface area contributed by atoms with E-state index in [0.29, 0.717) is 35.5 Å². The predicted octanol–water partition coefficient (Wildman–Crippen LogP) is 4.37. The van der Waals surface area contributed by atoms with Crippen molar-refractivity contribution in [1.29, 1.82) is 5.26 Å².